The Labute approximate surface area is 81.9 Å². The van der Waals surface area contributed by atoms with Gasteiger partial charge in [0, 0.05) is 12.0 Å². The van der Waals surface area contributed by atoms with Gasteiger partial charge >= 0.3 is 0 Å². The molecule has 0 amide bonds. The maximum atomic E-state index is 13.4. The molecule has 0 heterocycles. The van der Waals surface area contributed by atoms with Crippen molar-refractivity contribution in [3.8, 4) is 0 Å². The van der Waals surface area contributed by atoms with Crippen LogP contribution < -0.4 is 5.73 Å². The summed E-state index contributed by atoms with van der Waals surface area (Å²) in [4.78, 5) is 0. The molecule has 2 unspecified atom stereocenters. The van der Waals surface area contributed by atoms with Crippen LogP contribution in [0.25, 0.3) is 0 Å². The summed E-state index contributed by atoms with van der Waals surface area (Å²) < 4.78 is 26.3. The van der Waals surface area contributed by atoms with Crippen LogP contribution in [0.3, 0.4) is 0 Å². The van der Waals surface area contributed by atoms with Crippen LogP contribution in [0.5, 0.6) is 0 Å². The molecule has 1 aromatic carbocycles. The molecule has 0 aliphatic heterocycles. The number of hydrogen-bond acceptors (Lipinski definition) is 1. The van der Waals surface area contributed by atoms with Gasteiger partial charge in [-0.15, -0.1) is 0 Å². The predicted octanol–water partition coefficient (Wildman–Crippen LogP) is 2.56. The Hall–Kier alpha value is -0.960. The third-order valence-electron chi connectivity index (χ3n) is 2.93. The van der Waals surface area contributed by atoms with Gasteiger partial charge in [0.1, 0.15) is 11.6 Å². The summed E-state index contributed by atoms with van der Waals surface area (Å²) in [5.41, 5.74) is 6.28. The SMILES string of the molecule is NC1CCCC1c1cc(F)ccc1F. The molecule has 2 rings (SSSR count). The summed E-state index contributed by atoms with van der Waals surface area (Å²) in [6, 6.07) is 3.56. The molecule has 1 nitrogen and oxygen atoms in total. The van der Waals surface area contributed by atoms with Crippen molar-refractivity contribution >= 4 is 0 Å². The van der Waals surface area contributed by atoms with Crippen molar-refractivity contribution in [3.63, 3.8) is 0 Å². The molecule has 76 valence electrons. The Balaban J connectivity index is 2.34. The molecule has 14 heavy (non-hydrogen) atoms. The zero-order chi connectivity index (χ0) is 10.1. The lowest BCUT2D eigenvalue weighted by Gasteiger charge is -2.16. The van der Waals surface area contributed by atoms with Crippen LogP contribution in [0.2, 0.25) is 0 Å². The number of rotatable bonds is 1. The highest BCUT2D eigenvalue weighted by atomic mass is 19.1. The molecule has 0 saturated heterocycles. The van der Waals surface area contributed by atoms with Gasteiger partial charge in [0.2, 0.25) is 0 Å². The van der Waals surface area contributed by atoms with Crippen LogP contribution in [-0.4, -0.2) is 6.04 Å². The highest BCUT2D eigenvalue weighted by Crippen LogP contribution is 2.34. The molecule has 0 bridgehead atoms. The molecular weight excluding hydrogens is 184 g/mol. The van der Waals surface area contributed by atoms with E-state index in [1.54, 1.807) is 0 Å². The molecule has 1 saturated carbocycles. The summed E-state index contributed by atoms with van der Waals surface area (Å²) in [6.07, 6.45) is 2.77. The normalized spacial score (nSPS) is 26.8. The minimum absolute atomic E-state index is 0.00861. The van der Waals surface area contributed by atoms with E-state index < -0.39 is 0 Å². The molecule has 3 heteroatoms. The fraction of sp³-hybridized carbons (Fsp3) is 0.455. The maximum absolute atomic E-state index is 13.4. The molecule has 1 aromatic rings. The number of hydrogen-bond donors (Lipinski definition) is 1. The zero-order valence-electron chi connectivity index (χ0n) is 7.84. The highest BCUT2D eigenvalue weighted by molar-refractivity contribution is 5.25. The Morgan fingerprint density at radius 2 is 2.00 bits per heavy atom. The summed E-state index contributed by atoms with van der Waals surface area (Å²) in [5.74, 6) is -0.736. The van der Waals surface area contributed by atoms with Gasteiger partial charge in [-0.05, 0) is 36.6 Å². The van der Waals surface area contributed by atoms with Gasteiger partial charge in [0.15, 0.2) is 0 Å². The van der Waals surface area contributed by atoms with E-state index in [4.69, 9.17) is 5.73 Å². The molecule has 0 radical (unpaired) electrons. The van der Waals surface area contributed by atoms with Crippen LogP contribution >= 0.6 is 0 Å². The minimum atomic E-state index is -0.388. The molecule has 1 fully saturated rings. The number of halogens is 2. The van der Waals surface area contributed by atoms with Crippen molar-refractivity contribution in [1.82, 2.24) is 0 Å². The maximum Gasteiger partial charge on any atom is 0.126 e. The van der Waals surface area contributed by atoms with Gasteiger partial charge in [-0.25, -0.2) is 8.78 Å². The quantitative estimate of drug-likeness (QED) is 0.735. The first-order valence-corrected chi connectivity index (χ1v) is 4.89. The average molecular weight is 197 g/mol. The van der Waals surface area contributed by atoms with E-state index >= 15 is 0 Å². The van der Waals surface area contributed by atoms with E-state index in [1.807, 2.05) is 0 Å². The van der Waals surface area contributed by atoms with Gasteiger partial charge in [-0.3, -0.25) is 0 Å². The van der Waals surface area contributed by atoms with Crippen LogP contribution in [0, 0.1) is 11.6 Å². The van der Waals surface area contributed by atoms with Gasteiger partial charge in [0.25, 0.3) is 0 Å². The predicted molar refractivity (Wildman–Crippen MR) is 50.9 cm³/mol. The van der Waals surface area contributed by atoms with Crippen molar-refractivity contribution in [2.24, 2.45) is 5.73 Å². The van der Waals surface area contributed by atoms with E-state index in [0.29, 0.717) is 5.56 Å². The van der Waals surface area contributed by atoms with E-state index in [9.17, 15) is 8.78 Å². The van der Waals surface area contributed by atoms with Crippen LogP contribution in [-0.2, 0) is 0 Å². The third-order valence-corrected chi connectivity index (χ3v) is 2.93. The molecule has 0 aromatic heterocycles. The lowest BCUT2D eigenvalue weighted by molar-refractivity contribution is 0.536. The van der Waals surface area contributed by atoms with Crippen molar-refractivity contribution < 1.29 is 8.78 Å². The van der Waals surface area contributed by atoms with Gasteiger partial charge in [-0.2, -0.15) is 0 Å². The largest absolute Gasteiger partial charge is 0.327 e. The van der Waals surface area contributed by atoms with Crippen molar-refractivity contribution in [2.75, 3.05) is 0 Å². The van der Waals surface area contributed by atoms with Gasteiger partial charge in [-0.1, -0.05) is 6.42 Å². The fourth-order valence-corrected chi connectivity index (χ4v) is 2.17. The minimum Gasteiger partial charge on any atom is -0.327 e. The van der Waals surface area contributed by atoms with Crippen LogP contribution in [0.15, 0.2) is 18.2 Å². The molecule has 2 atom stereocenters. The van der Waals surface area contributed by atoms with E-state index in [-0.39, 0.29) is 23.6 Å². The van der Waals surface area contributed by atoms with E-state index in [2.05, 4.69) is 0 Å². The Morgan fingerprint density at radius 3 is 2.64 bits per heavy atom. The summed E-state index contributed by atoms with van der Waals surface area (Å²) >= 11 is 0. The molecule has 2 N–H and O–H groups in total. The second kappa shape index (κ2) is 3.65. The third kappa shape index (κ3) is 1.64. The molecular formula is C11H13F2N. The van der Waals surface area contributed by atoms with Crippen LogP contribution in [0.4, 0.5) is 8.78 Å². The van der Waals surface area contributed by atoms with Gasteiger partial charge < -0.3 is 5.73 Å². The summed E-state index contributed by atoms with van der Waals surface area (Å²) in [7, 11) is 0. The number of nitrogens with two attached hydrogens (primary N) is 1. The fourth-order valence-electron chi connectivity index (χ4n) is 2.17. The zero-order valence-corrected chi connectivity index (χ0v) is 7.84. The van der Waals surface area contributed by atoms with Gasteiger partial charge in [0.05, 0.1) is 0 Å². The van der Waals surface area contributed by atoms with Crippen LogP contribution in [0.1, 0.15) is 30.7 Å². The summed E-state index contributed by atoms with van der Waals surface area (Å²) in [6.45, 7) is 0. The smallest absolute Gasteiger partial charge is 0.126 e. The highest BCUT2D eigenvalue weighted by Gasteiger charge is 2.27. The molecule has 1 aliphatic carbocycles. The summed E-state index contributed by atoms with van der Waals surface area (Å²) in [5, 5.41) is 0. The molecule has 1 aliphatic rings. The van der Waals surface area contributed by atoms with Crippen molar-refractivity contribution in [2.45, 2.75) is 31.2 Å². The Bertz CT molecular complexity index is 338. The lowest BCUT2D eigenvalue weighted by Crippen LogP contribution is -2.23. The first-order chi connectivity index (χ1) is 6.68. The first-order valence-electron chi connectivity index (χ1n) is 4.89. The van der Waals surface area contributed by atoms with Crippen molar-refractivity contribution in [3.05, 3.63) is 35.4 Å². The van der Waals surface area contributed by atoms with E-state index in [0.717, 1.165) is 25.3 Å². The Kier molecular flexibility index (Phi) is 2.50. The number of benzene rings is 1. The Morgan fingerprint density at radius 1 is 1.21 bits per heavy atom. The first kappa shape index (κ1) is 9.59. The monoisotopic (exact) mass is 197 g/mol. The average Bonchev–Trinajstić information content (AvgIpc) is 2.56. The lowest BCUT2D eigenvalue weighted by atomic mass is 9.94. The second-order valence-electron chi connectivity index (χ2n) is 3.87. The molecule has 0 spiro atoms. The standard InChI is InChI=1S/C11H13F2N/c12-7-4-5-10(13)9(6-7)8-2-1-3-11(8)14/h4-6,8,11H,1-3,14H2. The topological polar surface area (TPSA) is 26.0 Å². The van der Waals surface area contributed by atoms with Crippen molar-refractivity contribution in [1.29, 1.82) is 0 Å². The van der Waals surface area contributed by atoms with E-state index in [1.165, 1.54) is 12.1 Å². The second-order valence-corrected chi connectivity index (χ2v) is 3.87.